The molecule has 0 fully saturated rings. The Bertz CT molecular complexity index is 557. The molecule has 0 aliphatic heterocycles. The standard InChI is InChI=1S/C14H18ClN3O2/c1-3-7-16-8-11-5-4-6-12(15)14(11)19-9-13-10(2)17-20-18-13/h4-6,16H,3,7-9H2,1-2H3. The average molecular weight is 296 g/mol. The summed E-state index contributed by atoms with van der Waals surface area (Å²) in [4.78, 5) is 0. The van der Waals surface area contributed by atoms with E-state index in [1.54, 1.807) is 0 Å². The van der Waals surface area contributed by atoms with Gasteiger partial charge in [-0.25, -0.2) is 4.63 Å². The third kappa shape index (κ3) is 3.71. The molecule has 0 atom stereocenters. The van der Waals surface area contributed by atoms with Gasteiger partial charge >= 0.3 is 0 Å². The topological polar surface area (TPSA) is 60.2 Å². The number of para-hydroxylation sites is 1. The van der Waals surface area contributed by atoms with Crippen LogP contribution in [0.25, 0.3) is 0 Å². The molecule has 1 aromatic carbocycles. The number of aryl methyl sites for hydroxylation is 1. The minimum atomic E-state index is 0.292. The summed E-state index contributed by atoms with van der Waals surface area (Å²) in [6, 6.07) is 5.73. The van der Waals surface area contributed by atoms with Crippen LogP contribution in [0.3, 0.4) is 0 Å². The highest BCUT2D eigenvalue weighted by molar-refractivity contribution is 6.32. The fourth-order valence-electron chi connectivity index (χ4n) is 1.78. The molecule has 108 valence electrons. The summed E-state index contributed by atoms with van der Waals surface area (Å²) in [5.74, 6) is 0.681. The molecule has 1 heterocycles. The lowest BCUT2D eigenvalue weighted by molar-refractivity contribution is 0.268. The van der Waals surface area contributed by atoms with Gasteiger partial charge in [0.25, 0.3) is 0 Å². The van der Waals surface area contributed by atoms with E-state index < -0.39 is 0 Å². The van der Waals surface area contributed by atoms with Gasteiger partial charge in [0.05, 0.1) is 5.02 Å². The van der Waals surface area contributed by atoms with Gasteiger partial charge < -0.3 is 10.1 Å². The first kappa shape index (κ1) is 14.8. The van der Waals surface area contributed by atoms with Crippen LogP contribution in [0.5, 0.6) is 5.75 Å². The molecule has 5 nitrogen and oxygen atoms in total. The molecule has 2 rings (SSSR count). The predicted molar refractivity (Wildman–Crippen MR) is 76.8 cm³/mol. The van der Waals surface area contributed by atoms with Crippen LogP contribution in [0.2, 0.25) is 5.02 Å². The quantitative estimate of drug-likeness (QED) is 0.795. The summed E-state index contributed by atoms with van der Waals surface area (Å²) in [6.07, 6.45) is 1.08. The summed E-state index contributed by atoms with van der Waals surface area (Å²) in [6.45, 7) is 5.92. The van der Waals surface area contributed by atoms with E-state index in [9.17, 15) is 0 Å². The van der Waals surface area contributed by atoms with E-state index in [0.717, 1.165) is 30.8 Å². The zero-order valence-electron chi connectivity index (χ0n) is 11.6. The van der Waals surface area contributed by atoms with Crippen molar-refractivity contribution in [2.24, 2.45) is 0 Å². The first-order valence-corrected chi connectivity index (χ1v) is 6.99. The van der Waals surface area contributed by atoms with Gasteiger partial charge in [0, 0.05) is 12.1 Å². The molecule has 2 aromatic rings. The fraction of sp³-hybridized carbons (Fsp3) is 0.429. The van der Waals surface area contributed by atoms with Crippen LogP contribution in [0.1, 0.15) is 30.3 Å². The highest BCUT2D eigenvalue weighted by Gasteiger charge is 2.11. The molecular weight excluding hydrogens is 278 g/mol. The monoisotopic (exact) mass is 295 g/mol. The molecule has 6 heteroatoms. The molecule has 0 saturated heterocycles. The number of rotatable bonds is 7. The van der Waals surface area contributed by atoms with E-state index in [4.69, 9.17) is 16.3 Å². The third-order valence-electron chi connectivity index (χ3n) is 2.89. The number of ether oxygens (including phenoxy) is 1. The molecule has 1 N–H and O–H groups in total. The summed E-state index contributed by atoms with van der Waals surface area (Å²) < 4.78 is 10.4. The van der Waals surface area contributed by atoms with Crippen LogP contribution >= 0.6 is 11.6 Å². The Labute approximate surface area is 123 Å². The van der Waals surface area contributed by atoms with Crippen LogP contribution in [-0.2, 0) is 13.2 Å². The Balaban J connectivity index is 2.07. The van der Waals surface area contributed by atoms with Crippen LogP contribution in [0.4, 0.5) is 0 Å². The van der Waals surface area contributed by atoms with E-state index in [1.165, 1.54) is 0 Å². The van der Waals surface area contributed by atoms with Gasteiger partial charge in [-0.05, 0) is 26.0 Å². The predicted octanol–water partition coefficient (Wildman–Crippen LogP) is 3.11. The summed E-state index contributed by atoms with van der Waals surface area (Å²) in [7, 11) is 0. The number of halogens is 1. The van der Waals surface area contributed by atoms with Crippen LogP contribution in [-0.4, -0.2) is 16.9 Å². The second kappa shape index (κ2) is 7.26. The summed E-state index contributed by atoms with van der Waals surface area (Å²) >= 11 is 6.21. The normalized spacial score (nSPS) is 10.8. The van der Waals surface area contributed by atoms with Crippen molar-refractivity contribution in [3.05, 3.63) is 40.2 Å². The number of nitrogens with one attached hydrogen (secondary N) is 1. The van der Waals surface area contributed by atoms with Crippen molar-refractivity contribution in [3.63, 3.8) is 0 Å². The molecule has 0 amide bonds. The largest absolute Gasteiger partial charge is 0.485 e. The number of aromatic nitrogens is 2. The first-order valence-electron chi connectivity index (χ1n) is 6.61. The van der Waals surface area contributed by atoms with E-state index >= 15 is 0 Å². The van der Waals surface area contributed by atoms with E-state index in [2.05, 4.69) is 27.2 Å². The van der Waals surface area contributed by atoms with Crippen molar-refractivity contribution in [3.8, 4) is 5.75 Å². The summed E-state index contributed by atoms with van der Waals surface area (Å²) in [5, 5.41) is 11.4. The molecule has 1 aromatic heterocycles. The number of hydrogen-bond donors (Lipinski definition) is 1. The second-order valence-electron chi connectivity index (χ2n) is 4.49. The Hall–Kier alpha value is -1.59. The molecule has 0 saturated carbocycles. The second-order valence-corrected chi connectivity index (χ2v) is 4.90. The molecular formula is C14H18ClN3O2. The minimum Gasteiger partial charge on any atom is -0.485 e. The smallest absolute Gasteiger partial charge is 0.145 e. The van der Waals surface area contributed by atoms with Gasteiger partial charge in [-0.15, -0.1) is 0 Å². The number of nitrogens with zero attached hydrogens (tertiary/aromatic N) is 2. The molecule has 20 heavy (non-hydrogen) atoms. The molecule has 0 aliphatic rings. The third-order valence-corrected chi connectivity index (χ3v) is 3.19. The lowest BCUT2D eigenvalue weighted by Crippen LogP contribution is -2.14. The maximum Gasteiger partial charge on any atom is 0.145 e. The van der Waals surface area contributed by atoms with Crippen molar-refractivity contribution >= 4 is 11.6 Å². The van der Waals surface area contributed by atoms with Crippen molar-refractivity contribution in [2.45, 2.75) is 33.4 Å². The first-order chi connectivity index (χ1) is 9.72. The fourth-order valence-corrected chi connectivity index (χ4v) is 2.02. The van der Waals surface area contributed by atoms with Crippen molar-refractivity contribution in [1.82, 2.24) is 15.6 Å². The maximum absolute atomic E-state index is 6.21. The lowest BCUT2D eigenvalue weighted by atomic mass is 10.2. The minimum absolute atomic E-state index is 0.292. The lowest BCUT2D eigenvalue weighted by Gasteiger charge is -2.13. The highest BCUT2D eigenvalue weighted by Crippen LogP contribution is 2.29. The summed E-state index contributed by atoms with van der Waals surface area (Å²) in [5.41, 5.74) is 2.43. The zero-order chi connectivity index (χ0) is 14.4. The highest BCUT2D eigenvalue weighted by atomic mass is 35.5. The van der Waals surface area contributed by atoms with Crippen molar-refractivity contribution in [1.29, 1.82) is 0 Å². The van der Waals surface area contributed by atoms with Crippen molar-refractivity contribution < 1.29 is 9.37 Å². The maximum atomic E-state index is 6.21. The van der Waals surface area contributed by atoms with Crippen molar-refractivity contribution in [2.75, 3.05) is 6.54 Å². The van der Waals surface area contributed by atoms with E-state index in [1.807, 2.05) is 25.1 Å². The number of hydrogen-bond acceptors (Lipinski definition) is 5. The average Bonchev–Trinajstić information content (AvgIpc) is 2.84. The SMILES string of the molecule is CCCNCc1cccc(Cl)c1OCc1nonc1C. The van der Waals surface area contributed by atoms with Crippen LogP contribution in [0, 0.1) is 6.92 Å². The van der Waals surface area contributed by atoms with Gasteiger partial charge in [0.1, 0.15) is 23.7 Å². The van der Waals surface area contributed by atoms with Gasteiger partial charge in [0.2, 0.25) is 0 Å². The van der Waals surface area contributed by atoms with Gasteiger partial charge in [-0.1, -0.05) is 41.0 Å². The molecule has 0 bridgehead atoms. The Kier molecular flexibility index (Phi) is 5.38. The van der Waals surface area contributed by atoms with Gasteiger partial charge in [0.15, 0.2) is 0 Å². The van der Waals surface area contributed by atoms with E-state index in [-0.39, 0.29) is 0 Å². The van der Waals surface area contributed by atoms with E-state index in [0.29, 0.717) is 23.1 Å². The Morgan fingerprint density at radius 2 is 2.20 bits per heavy atom. The van der Waals surface area contributed by atoms with Gasteiger partial charge in [-0.3, -0.25) is 0 Å². The van der Waals surface area contributed by atoms with Gasteiger partial charge in [-0.2, -0.15) is 0 Å². The Morgan fingerprint density at radius 1 is 1.35 bits per heavy atom. The van der Waals surface area contributed by atoms with Crippen LogP contribution < -0.4 is 10.1 Å². The van der Waals surface area contributed by atoms with Crippen LogP contribution in [0.15, 0.2) is 22.8 Å². The molecule has 0 aliphatic carbocycles. The molecule has 0 radical (unpaired) electrons. The molecule has 0 spiro atoms. The zero-order valence-corrected chi connectivity index (χ0v) is 12.4. The Morgan fingerprint density at radius 3 is 2.90 bits per heavy atom. The number of benzene rings is 1. The molecule has 0 unspecified atom stereocenters.